The maximum atomic E-state index is 12.8. The molecular formula is C22H24ClN5O6S. The number of carbonyl (C=O) groups excluding carboxylic acids is 2. The van der Waals surface area contributed by atoms with Crippen molar-refractivity contribution in [3.63, 3.8) is 0 Å². The Balaban J connectivity index is 0.00000111. The van der Waals surface area contributed by atoms with Gasteiger partial charge in [-0.25, -0.2) is 4.98 Å². The largest absolute Gasteiger partial charge is 0.482 e. The molecule has 3 heterocycles. The van der Waals surface area contributed by atoms with E-state index in [-0.39, 0.29) is 49.6 Å². The molecule has 1 atom stereocenters. The van der Waals surface area contributed by atoms with Crippen LogP contribution in [0.3, 0.4) is 0 Å². The summed E-state index contributed by atoms with van der Waals surface area (Å²) in [6.45, 7) is 0.124. The molecule has 0 saturated carbocycles. The fraction of sp³-hybridized carbons (Fsp3) is 0.318. The Labute approximate surface area is 209 Å². The van der Waals surface area contributed by atoms with Crippen molar-refractivity contribution in [2.75, 3.05) is 19.0 Å². The molecule has 2 amide bonds. The zero-order chi connectivity index (χ0) is 24.4. The quantitative estimate of drug-likeness (QED) is 0.337. The Morgan fingerprint density at radius 3 is 2.83 bits per heavy atom. The summed E-state index contributed by atoms with van der Waals surface area (Å²) >= 11 is 1.33. The van der Waals surface area contributed by atoms with Crippen molar-refractivity contribution in [1.82, 2.24) is 15.3 Å². The lowest BCUT2D eigenvalue weighted by Gasteiger charge is -2.18. The van der Waals surface area contributed by atoms with Gasteiger partial charge in [0.1, 0.15) is 10.6 Å². The van der Waals surface area contributed by atoms with Crippen LogP contribution >= 0.6 is 23.7 Å². The van der Waals surface area contributed by atoms with Gasteiger partial charge in [-0.2, -0.15) is 0 Å². The standard InChI is InChI=1S/C21H18N4O6S.CH5N.ClH/c26-14-8-31-12-3-1-9(5-11(12)23-14)7-22-20(30)18-24-19(29)17-16-10(6-15(27)28)2-4-13(16)32-21(17)25-18;1-2;/h1,3,5,10H,2,4,6-8H2,(H,22,30)(H,23,26)(H,27,28)(H,24,25,29);2H2,1H3;1H. The van der Waals surface area contributed by atoms with Gasteiger partial charge >= 0.3 is 5.97 Å². The van der Waals surface area contributed by atoms with E-state index < -0.39 is 17.4 Å². The monoisotopic (exact) mass is 521 g/mol. The highest BCUT2D eigenvalue weighted by Gasteiger charge is 2.31. The summed E-state index contributed by atoms with van der Waals surface area (Å²) in [5, 5.41) is 15.0. The minimum absolute atomic E-state index is 0. The number of H-pyrrole nitrogens is 1. The maximum Gasteiger partial charge on any atom is 0.303 e. The third-order valence-electron chi connectivity index (χ3n) is 5.57. The van der Waals surface area contributed by atoms with E-state index in [2.05, 4.69) is 26.3 Å². The van der Waals surface area contributed by atoms with Crippen LogP contribution in [-0.4, -0.2) is 46.5 Å². The average molecular weight is 522 g/mol. The molecule has 11 nitrogen and oxygen atoms in total. The molecule has 3 aromatic rings. The molecule has 186 valence electrons. The molecule has 13 heteroatoms. The van der Waals surface area contributed by atoms with Crippen LogP contribution in [-0.2, 0) is 22.6 Å². The number of aromatic nitrogens is 2. The van der Waals surface area contributed by atoms with E-state index in [1.165, 1.54) is 18.4 Å². The fourth-order valence-corrected chi connectivity index (χ4v) is 5.44. The number of anilines is 1. The van der Waals surface area contributed by atoms with Crippen LogP contribution in [0.25, 0.3) is 10.2 Å². The molecule has 0 saturated heterocycles. The van der Waals surface area contributed by atoms with Gasteiger partial charge in [0, 0.05) is 11.4 Å². The molecule has 1 aliphatic carbocycles. The first kappa shape index (κ1) is 26.1. The van der Waals surface area contributed by atoms with Crippen molar-refractivity contribution in [3.05, 3.63) is 50.4 Å². The number of nitrogens with zero attached hydrogens (tertiary/aromatic N) is 1. The minimum atomic E-state index is -0.907. The van der Waals surface area contributed by atoms with Gasteiger partial charge in [0.25, 0.3) is 17.4 Å². The molecule has 2 aromatic heterocycles. The van der Waals surface area contributed by atoms with Gasteiger partial charge in [0.15, 0.2) is 6.61 Å². The molecule has 1 aliphatic heterocycles. The summed E-state index contributed by atoms with van der Waals surface area (Å²) in [6.07, 6.45) is 1.36. The number of carboxylic acid groups (broad SMARTS) is 1. The molecule has 0 radical (unpaired) electrons. The first-order valence-corrected chi connectivity index (χ1v) is 11.4. The number of rotatable bonds is 5. The minimum Gasteiger partial charge on any atom is -0.482 e. The Hall–Kier alpha value is -3.48. The smallest absolute Gasteiger partial charge is 0.303 e. The van der Waals surface area contributed by atoms with Crippen LogP contribution in [0.5, 0.6) is 5.75 Å². The average Bonchev–Trinajstić information content (AvgIpc) is 3.37. The predicted molar refractivity (Wildman–Crippen MR) is 133 cm³/mol. The highest BCUT2D eigenvalue weighted by molar-refractivity contribution is 7.18. The SMILES string of the molecule is CN.Cl.O=C(O)CC1CCc2sc3nc(C(=O)NCc4ccc5c(c4)NC(=O)CO5)[nH]c(=O)c3c21. The summed E-state index contributed by atoms with van der Waals surface area (Å²) in [5.41, 5.74) is 6.08. The number of benzene rings is 1. The number of carboxylic acids is 1. The van der Waals surface area contributed by atoms with Crippen molar-refractivity contribution in [1.29, 1.82) is 0 Å². The number of nitrogens with one attached hydrogen (secondary N) is 3. The number of amides is 2. The number of aliphatic carboxylic acids is 1. The summed E-state index contributed by atoms with van der Waals surface area (Å²) in [5.74, 6) is -1.46. The molecule has 0 fully saturated rings. The summed E-state index contributed by atoms with van der Waals surface area (Å²) < 4.78 is 5.31. The lowest BCUT2D eigenvalue weighted by molar-refractivity contribution is -0.137. The zero-order valence-corrected chi connectivity index (χ0v) is 20.3. The van der Waals surface area contributed by atoms with Gasteiger partial charge in [-0.1, -0.05) is 6.07 Å². The van der Waals surface area contributed by atoms with Gasteiger partial charge in [0.2, 0.25) is 5.82 Å². The Morgan fingerprint density at radius 2 is 2.09 bits per heavy atom. The zero-order valence-electron chi connectivity index (χ0n) is 18.7. The van der Waals surface area contributed by atoms with Crippen LogP contribution in [0.4, 0.5) is 5.69 Å². The van der Waals surface area contributed by atoms with Crippen LogP contribution in [0.15, 0.2) is 23.0 Å². The Bertz CT molecular complexity index is 1350. The number of hydrogen-bond acceptors (Lipinski definition) is 8. The summed E-state index contributed by atoms with van der Waals surface area (Å²) in [6, 6.07) is 5.18. The third kappa shape index (κ3) is 5.29. The van der Waals surface area contributed by atoms with E-state index in [1.54, 1.807) is 18.2 Å². The van der Waals surface area contributed by atoms with Crippen LogP contribution < -0.4 is 26.7 Å². The van der Waals surface area contributed by atoms with Crippen molar-refractivity contribution in [2.45, 2.75) is 31.7 Å². The topological polar surface area (TPSA) is 176 Å². The predicted octanol–water partition coefficient (Wildman–Crippen LogP) is 1.75. The van der Waals surface area contributed by atoms with E-state index in [0.29, 0.717) is 34.5 Å². The van der Waals surface area contributed by atoms with E-state index >= 15 is 0 Å². The number of ether oxygens (including phenoxy) is 1. The van der Waals surface area contributed by atoms with Gasteiger partial charge in [-0.3, -0.25) is 19.2 Å². The van der Waals surface area contributed by atoms with E-state index in [1.807, 2.05) is 0 Å². The number of hydrogen-bond donors (Lipinski definition) is 5. The number of nitrogens with two attached hydrogens (primary N) is 1. The van der Waals surface area contributed by atoms with E-state index in [0.717, 1.165) is 16.0 Å². The van der Waals surface area contributed by atoms with Gasteiger partial charge in [-0.15, -0.1) is 23.7 Å². The number of halogens is 1. The first-order chi connectivity index (χ1) is 16.4. The number of aromatic amines is 1. The highest BCUT2D eigenvalue weighted by Crippen LogP contribution is 2.43. The van der Waals surface area contributed by atoms with Crippen molar-refractivity contribution < 1.29 is 24.2 Å². The molecule has 6 N–H and O–H groups in total. The van der Waals surface area contributed by atoms with Crippen LogP contribution in [0, 0.1) is 0 Å². The molecule has 1 unspecified atom stereocenters. The van der Waals surface area contributed by atoms with Crippen LogP contribution in [0.1, 0.15) is 45.4 Å². The molecule has 0 spiro atoms. The van der Waals surface area contributed by atoms with Crippen molar-refractivity contribution in [2.24, 2.45) is 5.73 Å². The molecule has 35 heavy (non-hydrogen) atoms. The summed E-state index contributed by atoms with van der Waals surface area (Å²) in [7, 11) is 1.50. The Morgan fingerprint density at radius 1 is 1.31 bits per heavy atom. The summed E-state index contributed by atoms with van der Waals surface area (Å²) in [4.78, 5) is 56.3. The third-order valence-corrected chi connectivity index (χ3v) is 6.73. The number of carbonyl (C=O) groups is 3. The van der Waals surface area contributed by atoms with E-state index in [4.69, 9.17) is 9.84 Å². The first-order valence-electron chi connectivity index (χ1n) is 10.6. The molecular weight excluding hydrogens is 498 g/mol. The van der Waals surface area contributed by atoms with Crippen molar-refractivity contribution in [3.8, 4) is 5.75 Å². The molecule has 1 aromatic carbocycles. The lowest BCUT2D eigenvalue weighted by Crippen LogP contribution is -2.28. The second-order valence-corrected chi connectivity index (χ2v) is 8.80. The van der Waals surface area contributed by atoms with Gasteiger partial charge < -0.3 is 31.2 Å². The maximum absolute atomic E-state index is 12.8. The second-order valence-electron chi connectivity index (χ2n) is 7.72. The Kier molecular flexibility index (Phi) is 8.10. The number of fused-ring (bicyclic) bond motifs is 4. The van der Waals surface area contributed by atoms with Gasteiger partial charge in [-0.05, 0) is 49.1 Å². The van der Waals surface area contributed by atoms with E-state index in [9.17, 15) is 19.2 Å². The van der Waals surface area contributed by atoms with Crippen molar-refractivity contribution >= 4 is 57.4 Å². The second kappa shape index (κ2) is 10.8. The number of thiophene rings is 1. The van der Waals surface area contributed by atoms with Crippen LogP contribution in [0.2, 0.25) is 0 Å². The fourth-order valence-electron chi connectivity index (χ4n) is 4.17. The normalized spacial score (nSPS) is 15.5. The number of aryl methyl sites for hydroxylation is 1. The molecule has 0 bridgehead atoms. The molecule has 5 rings (SSSR count). The van der Waals surface area contributed by atoms with Gasteiger partial charge in [0.05, 0.1) is 17.5 Å². The highest BCUT2D eigenvalue weighted by atomic mass is 35.5. The lowest BCUT2D eigenvalue weighted by atomic mass is 9.98. The molecule has 2 aliphatic rings.